The highest BCUT2D eigenvalue weighted by Gasteiger charge is 2.34. The number of nitrogens with one attached hydrogen (secondary N) is 1. The highest BCUT2D eigenvalue weighted by Crippen LogP contribution is 2.31. The summed E-state index contributed by atoms with van der Waals surface area (Å²) in [6.07, 6.45) is -0.559. The number of methoxy groups -OCH3 is 1. The second-order valence-electron chi connectivity index (χ2n) is 4.91. The lowest BCUT2D eigenvalue weighted by atomic mass is 10.3. The molecule has 0 aliphatic carbocycles. The van der Waals surface area contributed by atoms with Crippen LogP contribution in [0.1, 0.15) is 5.69 Å². The van der Waals surface area contributed by atoms with E-state index >= 15 is 0 Å². The van der Waals surface area contributed by atoms with E-state index in [4.69, 9.17) is 4.74 Å². The van der Waals surface area contributed by atoms with Gasteiger partial charge in [-0.3, -0.25) is 4.98 Å². The van der Waals surface area contributed by atoms with Crippen LogP contribution < -0.4 is 10.1 Å². The molecular formula is C16H12F3N5O. The van der Waals surface area contributed by atoms with E-state index in [-0.39, 0.29) is 17.3 Å². The zero-order valence-electron chi connectivity index (χ0n) is 12.9. The van der Waals surface area contributed by atoms with Crippen LogP contribution in [0, 0.1) is 0 Å². The second kappa shape index (κ2) is 6.71. The minimum atomic E-state index is -4.62. The van der Waals surface area contributed by atoms with Crippen LogP contribution in [0.5, 0.6) is 5.75 Å². The summed E-state index contributed by atoms with van der Waals surface area (Å²) in [6.45, 7) is 0. The lowest BCUT2D eigenvalue weighted by Gasteiger charge is -2.12. The summed E-state index contributed by atoms with van der Waals surface area (Å²) in [7, 11) is 1.50. The standard InChI is InChI=1S/C16H12F3N5O/c1-25-11-4-2-3-10(7-11)22-14-8-13(16(17,18)19)23-15(24-14)12-9-20-5-6-21-12/h2-9H,1H3,(H,22,23,24). The average molecular weight is 347 g/mol. The van der Waals surface area contributed by atoms with Crippen LogP contribution in [0.2, 0.25) is 0 Å². The van der Waals surface area contributed by atoms with Crippen LogP contribution in [0.4, 0.5) is 24.7 Å². The Kier molecular flexibility index (Phi) is 4.46. The van der Waals surface area contributed by atoms with Crippen molar-refractivity contribution in [2.24, 2.45) is 0 Å². The van der Waals surface area contributed by atoms with Gasteiger partial charge in [0.1, 0.15) is 17.3 Å². The Morgan fingerprint density at radius 1 is 1.08 bits per heavy atom. The van der Waals surface area contributed by atoms with Gasteiger partial charge in [0, 0.05) is 30.2 Å². The van der Waals surface area contributed by atoms with Crippen LogP contribution in [-0.4, -0.2) is 27.0 Å². The third-order valence-electron chi connectivity index (χ3n) is 3.15. The molecule has 0 amide bonds. The molecule has 0 fully saturated rings. The van der Waals surface area contributed by atoms with Gasteiger partial charge in [-0.1, -0.05) is 6.07 Å². The molecule has 3 aromatic rings. The lowest BCUT2D eigenvalue weighted by Crippen LogP contribution is -2.11. The van der Waals surface area contributed by atoms with Crippen molar-refractivity contribution >= 4 is 11.5 Å². The number of hydrogen-bond acceptors (Lipinski definition) is 6. The van der Waals surface area contributed by atoms with E-state index < -0.39 is 11.9 Å². The fraction of sp³-hybridized carbons (Fsp3) is 0.125. The summed E-state index contributed by atoms with van der Waals surface area (Å²) in [6, 6.07) is 7.57. The zero-order chi connectivity index (χ0) is 17.9. The quantitative estimate of drug-likeness (QED) is 0.776. The third kappa shape index (κ3) is 4.00. The Labute approximate surface area is 140 Å². The molecule has 0 bridgehead atoms. The van der Waals surface area contributed by atoms with Crippen LogP contribution in [0.15, 0.2) is 48.9 Å². The first kappa shape index (κ1) is 16.6. The third-order valence-corrected chi connectivity index (χ3v) is 3.15. The van der Waals surface area contributed by atoms with Gasteiger partial charge in [0.25, 0.3) is 0 Å². The number of alkyl halides is 3. The monoisotopic (exact) mass is 347 g/mol. The van der Waals surface area contributed by atoms with Gasteiger partial charge in [-0.25, -0.2) is 15.0 Å². The van der Waals surface area contributed by atoms with Gasteiger partial charge in [0.2, 0.25) is 0 Å². The maximum absolute atomic E-state index is 13.1. The molecule has 0 saturated carbocycles. The number of benzene rings is 1. The van der Waals surface area contributed by atoms with E-state index in [1.54, 1.807) is 24.3 Å². The Morgan fingerprint density at radius 3 is 2.60 bits per heavy atom. The van der Waals surface area contributed by atoms with E-state index in [1.165, 1.54) is 25.7 Å². The van der Waals surface area contributed by atoms with Gasteiger partial charge in [-0.2, -0.15) is 13.2 Å². The van der Waals surface area contributed by atoms with Crippen molar-refractivity contribution in [2.45, 2.75) is 6.18 Å². The summed E-state index contributed by atoms with van der Waals surface area (Å²) >= 11 is 0. The van der Waals surface area contributed by atoms with Crippen molar-refractivity contribution in [1.29, 1.82) is 0 Å². The summed E-state index contributed by atoms with van der Waals surface area (Å²) in [5.41, 5.74) is -0.410. The van der Waals surface area contributed by atoms with E-state index in [1.807, 2.05) is 0 Å². The maximum Gasteiger partial charge on any atom is 0.433 e. The zero-order valence-corrected chi connectivity index (χ0v) is 12.9. The normalized spacial score (nSPS) is 11.2. The van der Waals surface area contributed by atoms with Crippen molar-refractivity contribution < 1.29 is 17.9 Å². The Bertz CT molecular complexity index is 871. The summed E-state index contributed by atoms with van der Waals surface area (Å²) in [5.74, 6) is 0.369. The smallest absolute Gasteiger partial charge is 0.433 e. The van der Waals surface area contributed by atoms with Gasteiger partial charge in [-0.15, -0.1) is 0 Å². The molecule has 2 aromatic heterocycles. The number of anilines is 2. The molecule has 0 saturated heterocycles. The molecule has 6 nitrogen and oxygen atoms in total. The summed E-state index contributed by atoms with van der Waals surface area (Å²) in [5, 5.41) is 2.82. The number of hydrogen-bond donors (Lipinski definition) is 1. The second-order valence-corrected chi connectivity index (χ2v) is 4.91. The van der Waals surface area contributed by atoms with Crippen molar-refractivity contribution in [3.63, 3.8) is 0 Å². The number of nitrogens with zero attached hydrogens (tertiary/aromatic N) is 4. The first-order chi connectivity index (χ1) is 12.0. The largest absolute Gasteiger partial charge is 0.497 e. The van der Waals surface area contributed by atoms with E-state index in [0.717, 1.165) is 6.07 Å². The van der Waals surface area contributed by atoms with Gasteiger partial charge >= 0.3 is 6.18 Å². The van der Waals surface area contributed by atoms with E-state index in [9.17, 15) is 13.2 Å². The van der Waals surface area contributed by atoms with Crippen LogP contribution in [-0.2, 0) is 6.18 Å². The van der Waals surface area contributed by atoms with Crippen molar-refractivity contribution in [3.8, 4) is 17.3 Å². The molecule has 0 radical (unpaired) electrons. The lowest BCUT2D eigenvalue weighted by molar-refractivity contribution is -0.141. The molecule has 0 aliphatic heterocycles. The predicted octanol–water partition coefficient (Wildman–Crippen LogP) is 3.70. The topological polar surface area (TPSA) is 72.8 Å². The van der Waals surface area contributed by atoms with Gasteiger partial charge in [-0.05, 0) is 12.1 Å². The van der Waals surface area contributed by atoms with Crippen LogP contribution in [0.25, 0.3) is 11.5 Å². The Balaban J connectivity index is 2.03. The van der Waals surface area contributed by atoms with E-state index in [0.29, 0.717) is 11.4 Å². The first-order valence-electron chi connectivity index (χ1n) is 7.09. The number of rotatable bonds is 4. The van der Waals surface area contributed by atoms with Crippen LogP contribution >= 0.6 is 0 Å². The molecule has 0 unspecified atom stereocenters. The minimum Gasteiger partial charge on any atom is -0.497 e. The molecule has 9 heteroatoms. The SMILES string of the molecule is COc1cccc(Nc2cc(C(F)(F)F)nc(-c3cnccn3)n2)c1. The van der Waals surface area contributed by atoms with Crippen molar-refractivity contribution in [2.75, 3.05) is 12.4 Å². The maximum atomic E-state index is 13.1. The van der Waals surface area contributed by atoms with Gasteiger partial charge in [0.15, 0.2) is 11.5 Å². The van der Waals surface area contributed by atoms with Gasteiger partial charge < -0.3 is 10.1 Å². The highest BCUT2D eigenvalue weighted by molar-refractivity contribution is 5.61. The summed E-state index contributed by atoms with van der Waals surface area (Å²) in [4.78, 5) is 15.4. The molecule has 1 N–H and O–H groups in total. The predicted molar refractivity (Wildman–Crippen MR) is 84.3 cm³/mol. The van der Waals surface area contributed by atoms with Crippen molar-refractivity contribution in [1.82, 2.24) is 19.9 Å². The molecule has 0 aliphatic rings. The molecule has 1 aromatic carbocycles. The first-order valence-corrected chi connectivity index (χ1v) is 7.09. The van der Waals surface area contributed by atoms with Crippen molar-refractivity contribution in [3.05, 3.63) is 54.6 Å². The molecule has 0 spiro atoms. The minimum absolute atomic E-state index is 0.0174. The molecule has 0 atom stereocenters. The highest BCUT2D eigenvalue weighted by atomic mass is 19.4. The number of ether oxygens (including phenoxy) is 1. The molecule has 25 heavy (non-hydrogen) atoms. The average Bonchev–Trinajstić information content (AvgIpc) is 2.61. The van der Waals surface area contributed by atoms with Gasteiger partial charge in [0.05, 0.1) is 13.3 Å². The molecular weight excluding hydrogens is 335 g/mol. The number of aromatic nitrogens is 4. The fourth-order valence-corrected chi connectivity index (χ4v) is 2.03. The molecule has 2 heterocycles. The summed E-state index contributed by atoms with van der Waals surface area (Å²) < 4.78 is 44.5. The Hall–Kier alpha value is -3.23. The number of halogens is 3. The fourth-order valence-electron chi connectivity index (χ4n) is 2.03. The Morgan fingerprint density at radius 2 is 1.92 bits per heavy atom. The van der Waals surface area contributed by atoms with E-state index in [2.05, 4.69) is 25.3 Å². The molecule has 3 rings (SSSR count). The van der Waals surface area contributed by atoms with Crippen LogP contribution in [0.3, 0.4) is 0 Å². The molecule has 128 valence electrons.